The summed E-state index contributed by atoms with van der Waals surface area (Å²) in [5, 5.41) is 0.518. The van der Waals surface area contributed by atoms with Gasteiger partial charge < -0.3 is 4.74 Å². The van der Waals surface area contributed by atoms with E-state index < -0.39 is 0 Å². The molecule has 0 saturated heterocycles. The summed E-state index contributed by atoms with van der Waals surface area (Å²) < 4.78 is 7.34. The van der Waals surface area contributed by atoms with Crippen LogP contribution in [0.4, 0.5) is 0 Å². The third-order valence-electron chi connectivity index (χ3n) is 2.28. The highest BCUT2D eigenvalue weighted by atomic mass is 32.1. The molecule has 1 aromatic heterocycles. The van der Waals surface area contributed by atoms with Gasteiger partial charge in [0.25, 0.3) is 5.17 Å². The Hall–Kier alpha value is -0.900. The van der Waals surface area contributed by atoms with Crippen molar-refractivity contribution >= 4 is 17.4 Å². The van der Waals surface area contributed by atoms with Crippen LogP contribution < -0.4 is 0 Å². The van der Waals surface area contributed by atoms with Crippen molar-refractivity contribution in [2.24, 2.45) is 0 Å². The van der Waals surface area contributed by atoms with Gasteiger partial charge in [0.1, 0.15) is 12.4 Å². The number of nitrogens with zero attached hydrogens (tertiary/aromatic N) is 2. The highest BCUT2D eigenvalue weighted by Gasteiger charge is 2.17. The number of ether oxygens (including phenoxy) is 1. The van der Waals surface area contributed by atoms with E-state index in [0.29, 0.717) is 11.3 Å². The van der Waals surface area contributed by atoms with Gasteiger partial charge in [-0.15, -0.1) is 0 Å². The van der Waals surface area contributed by atoms with Gasteiger partial charge in [-0.25, -0.2) is 4.98 Å². The fourth-order valence-electron chi connectivity index (χ4n) is 1.58. The molecule has 0 unspecified atom stereocenters. The Bertz CT molecular complexity index is 278. The van der Waals surface area contributed by atoms with E-state index in [4.69, 9.17) is 17.0 Å². The van der Waals surface area contributed by atoms with E-state index in [-0.39, 0.29) is 0 Å². The molecule has 1 aliphatic carbocycles. The first-order valence-electron chi connectivity index (χ1n) is 4.55. The van der Waals surface area contributed by atoms with Crippen molar-refractivity contribution in [2.45, 2.75) is 31.8 Å². The topological polar surface area (TPSA) is 27.1 Å². The average molecular weight is 196 g/mol. The van der Waals surface area contributed by atoms with Crippen molar-refractivity contribution in [2.75, 3.05) is 0 Å². The van der Waals surface area contributed by atoms with E-state index in [1.165, 1.54) is 12.8 Å². The van der Waals surface area contributed by atoms with Gasteiger partial charge in [0.15, 0.2) is 0 Å². The van der Waals surface area contributed by atoms with Crippen LogP contribution in [0.15, 0.2) is 18.7 Å². The van der Waals surface area contributed by atoms with Gasteiger partial charge in [0, 0.05) is 12.4 Å². The monoisotopic (exact) mass is 196 g/mol. The predicted octanol–water partition coefficient (Wildman–Crippen LogP) is 1.98. The van der Waals surface area contributed by atoms with Gasteiger partial charge >= 0.3 is 0 Å². The van der Waals surface area contributed by atoms with E-state index in [2.05, 4.69) is 4.98 Å². The van der Waals surface area contributed by atoms with Crippen LogP contribution in [0.1, 0.15) is 25.7 Å². The number of thiocarbonyl (C=S) groups is 1. The lowest BCUT2D eigenvalue weighted by molar-refractivity contribution is 0.194. The molecule has 0 radical (unpaired) electrons. The van der Waals surface area contributed by atoms with Crippen LogP contribution in [0, 0.1) is 0 Å². The standard InChI is InChI=1S/C9H12N2OS/c13-9(11-6-5-10-7-11)12-8-3-1-2-4-8/h5-8H,1-4H2. The Morgan fingerprint density at radius 2 is 2.23 bits per heavy atom. The zero-order valence-corrected chi connectivity index (χ0v) is 8.17. The van der Waals surface area contributed by atoms with Crippen molar-refractivity contribution in [3.05, 3.63) is 18.7 Å². The smallest absolute Gasteiger partial charge is 0.269 e. The van der Waals surface area contributed by atoms with Crippen LogP contribution in [0.25, 0.3) is 0 Å². The quantitative estimate of drug-likeness (QED) is 0.643. The SMILES string of the molecule is S=C(OC1CCCC1)n1ccnc1. The maximum Gasteiger partial charge on any atom is 0.269 e. The molecule has 0 amide bonds. The van der Waals surface area contributed by atoms with Crippen LogP contribution in [-0.4, -0.2) is 20.8 Å². The van der Waals surface area contributed by atoms with Crippen LogP contribution >= 0.6 is 12.2 Å². The molecule has 0 bridgehead atoms. The summed E-state index contributed by atoms with van der Waals surface area (Å²) in [4.78, 5) is 3.91. The van der Waals surface area contributed by atoms with Crippen molar-refractivity contribution in [3.8, 4) is 0 Å². The molecule has 0 atom stereocenters. The summed E-state index contributed by atoms with van der Waals surface area (Å²) in [6.07, 6.45) is 10.3. The Morgan fingerprint density at radius 3 is 2.85 bits per heavy atom. The third-order valence-corrected chi connectivity index (χ3v) is 2.59. The number of hydrogen-bond donors (Lipinski definition) is 0. The molecule has 1 aliphatic rings. The zero-order chi connectivity index (χ0) is 9.10. The van der Waals surface area contributed by atoms with Crippen molar-refractivity contribution in [3.63, 3.8) is 0 Å². The van der Waals surface area contributed by atoms with E-state index in [9.17, 15) is 0 Å². The first-order valence-corrected chi connectivity index (χ1v) is 4.96. The second-order valence-electron chi connectivity index (χ2n) is 3.26. The average Bonchev–Trinajstić information content (AvgIpc) is 2.74. The summed E-state index contributed by atoms with van der Waals surface area (Å²) in [6.45, 7) is 0. The minimum absolute atomic E-state index is 0.329. The summed E-state index contributed by atoms with van der Waals surface area (Å²) >= 11 is 5.11. The number of imidazole rings is 1. The first-order chi connectivity index (χ1) is 6.36. The van der Waals surface area contributed by atoms with Crippen molar-refractivity contribution in [1.29, 1.82) is 0 Å². The summed E-state index contributed by atoms with van der Waals surface area (Å²) in [6, 6.07) is 0. The van der Waals surface area contributed by atoms with Gasteiger partial charge in [0.2, 0.25) is 0 Å². The second-order valence-corrected chi connectivity index (χ2v) is 3.61. The lowest BCUT2D eigenvalue weighted by Crippen LogP contribution is -2.18. The minimum atomic E-state index is 0.329. The molecule has 0 N–H and O–H groups in total. The van der Waals surface area contributed by atoms with Crippen molar-refractivity contribution in [1.82, 2.24) is 9.55 Å². The lowest BCUT2D eigenvalue weighted by Gasteiger charge is -2.13. The first kappa shape index (κ1) is 8.69. The molecule has 1 aromatic rings. The Balaban J connectivity index is 1.91. The molecule has 70 valence electrons. The molecule has 2 rings (SSSR count). The Morgan fingerprint density at radius 1 is 1.46 bits per heavy atom. The van der Waals surface area contributed by atoms with Crippen LogP contribution in [-0.2, 0) is 4.74 Å². The normalized spacial score (nSPS) is 17.5. The fraction of sp³-hybridized carbons (Fsp3) is 0.556. The molecule has 4 heteroatoms. The molecular formula is C9H12N2OS. The highest BCUT2D eigenvalue weighted by Crippen LogP contribution is 2.21. The Labute approximate surface area is 82.7 Å². The molecule has 0 spiro atoms. The number of rotatable bonds is 1. The van der Waals surface area contributed by atoms with E-state index >= 15 is 0 Å². The molecule has 3 nitrogen and oxygen atoms in total. The highest BCUT2D eigenvalue weighted by molar-refractivity contribution is 7.80. The molecule has 0 aromatic carbocycles. The largest absolute Gasteiger partial charge is 0.467 e. The molecule has 1 saturated carbocycles. The van der Waals surface area contributed by atoms with Crippen LogP contribution in [0.5, 0.6) is 0 Å². The Kier molecular flexibility index (Phi) is 2.59. The number of aromatic nitrogens is 2. The van der Waals surface area contributed by atoms with Gasteiger partial charge in [-0.1, -0.05) is 0 Å². The molecule has 0 aliphatic heterocycles. The zero-order valence-electron chi connectivity index (χ0n) is 7.35. The van der Waals surface area contributed by atoms with Crippen LogP contribution in [0.3, 0.4) is 0 Å². The summed E-state index contributed by atoms with van der Waals surface area (Å²) in [5.74, 6) is 0. The number of hydrogen-bond acceptors (Lipinski definition) is 3. The molecule has 13 heavy (non-hydrogen) atoms. The predicted molar refractivity (Wildman–Crippen MR) is 53.6 cm³/mol. The van der Waals surface area contributed by atoms with Gasteiger partial charge in [-0.2, -0.15) is 0 Å². The maximum absolute atomic E-state index is 5.61. The van der Waals surface area contributed by atoms with Gasteiger partial charge in [-0.3, -0.25) is 4.57 Å². The van der Waals surface area contributed by atoms with Gasteiger partial charge in [-0.05, 0) is 37.9 Å². The van der Waals surface area contributed by atoms with E-state index in [0.717, 1.165) is 12.8 Å². The van der Waals surface area contributed by atoms with Crippen molar-refractivity contribution < 1.29 is 4.74 Å². The lowest BCUT2D eigenvalue weighted by atomic mass is 10.3. The fourth-order valence-corrected chi connectivity index (χ4v) is 1.82. The van der Waals surface area contributed by atoms with Crippen LogP contribution in [0.2, 0.25) is 0 Å². The second kappa shape index (κ2) is 3.87. The molecule has 1 heterocycles. The molecular weight excluding hydrogens is 184 g/mol. The molecule has 1 fully saturated rings. The van der Waals surface area contributed by atoms with E-state index in [1.807, 2.05) is 0 Å². The van der Waals surface area contributed by atoms with E-state index in [1.54, 1.807) is 23.3 Å². The maximum atomic E-state index is 5.61. The third kappa shape index (κ3) is 2.06. The minimum Gasteiger partial charge on any atom is -0.467 e. The van der Waals surface area contributed by atoms with Gasteiger partial charge in [0.05, 0.1) is 0 Å². The summed E-state index contributed by atoms with van der Waals surface area (Å²) in [7, 11) is 0. The summed E-state index contributed by atoms with van der Waals surface area (Å²) in [5.41, 5.74) is 0.